The van der Waals surface area contributed by atoms with Crippen molar-refractivity contribution in [3.8, 4) is 0 Å². The van der Waals surface area contributed by atoms with Crippen molar-refractivity contribution in [2.24, 2.45) is 5.92 Å². The second kappa shape index (κ2) is 9.82. The van der Waals surface area contributed by atoms with Gasteiger partial charge in [0.05, 0.1) is 27.4 Å². The van der Waals surface area contributed by atoms with E-state index in [0.717, 1.165) is 43.5 Å². The average Bonchev–Trinajstić information content (AvgIpc) is 3.31. The lowest BCUT2D eigenvalue weighted by Gasteiger charge is -2.24. The molecule has 2 aromatic carbocycles. The summed E-state index contributed by atoms with van der Waals surface area (Å²) >= 11 is 1.14. The number of alkyl halides is 3. The molecule has 0 saturated heterocycles. The summed E-state index contributed by atoms with van der Waals surface area (Å²) in [6.45, 7) is 3.65. The molecule has 1 N–H and O–H groups in total. The number of para-hydroxylation sites is 2. The van der Waals surface area contributed by atoms with Crippen molar-refractivity contribution >= 4 is 34.3 Å². The van der Waals surface area contributed by atoms with Crippen LogP contribution in [-0.2, 0) is 11.0 Å². The maximum absolute atomic E-state index is 13.4. The highest BCUT2D eigenvalue weighted by molar-refractivity contribution is 8.00. The molecular weight excluding hydrogens is 463 g/mol. The summed E-state index contributed by atoms with van der Waals surface area (Å²) < 4.78 is 41.9. The molecule has 5 nitrogen and oxygen atoms in total. The lowest BCUT2D eigenvalue weighted by molar-refractivity contribution is -0.137. The van der Waals surface area contributed by atoms with Gasteiger partial charge in [0.25, 0.3) is 5.56 Å². The maximum atomic E-state index is 13.4. The van der Waals surface area contributed by atoms with E-state index < -0.39 is 22.9 Å². The van der Waals surface area contributed by atoms with Crippen molar-refractivity contribution in [3.63, 3.8) is 0 Å². The Balaban J connectivity index is 1.71. The molecule has 1 aliphatic carbocycles. The Hall–Kier alpha value is -2.81. The predicted octanol–water partition coefficient (Wildman–Crippen LogP) is 6.29. The number of thioether (sulfide) groups is 1. The molecule has 1 unspecified atom stereocenters. The van der Waals surface area contributed by atoms with Crippen LogP contribution in [0.3, 0.4) is 0 Å². The molecule has 0 radical (unpaired) electrons. The van der Waals surface area contributed by atoms with Gasteiger partial charge in [-0.25, -0.2) is 4.98 Å². The first-order valence-corrected chi connectivity index (χ1v) is 12.2. The first-order valence-electron chi connectivity index (χ1n) is 11.3. The van der Waals surface area contributed by atoms with Crippen LogP contribution in [0.2, 0.25) is 0 Å². The monoisotopic (exact) mass is 489 g/mol. The van der Waals surface area contributed by atoms with Crippen LogP contribution in [0.1, 0.15) is 51.1 Å². The normalized spacial score (nSPS) is 15.7. The summed E-state index contributed by atoms with van der Waals surface area (Å²) in [5.74, 6) is -0.777. The van der Waals surface area contributed by atoms with E-state index >= 15 is 0 Å². The van der Waals surface area contributed by atoms with Crippen LogP contribution >= 0.6 is 11.8 Å². The number of nitrogens with zero attached hydrogens (tertiary/aromatic N) is 2. The third kappa shape index (κ3) is 4.99. The summed E-state index contributed by atoms with van der Waals surface area (Å²) in [5.41, 5.74) is -0.798. The largest absolute Gasteiger partial charge is 0.418 e. The number of carbonyl (C=O) groups is 1. The molecule has 0 spiro atoms. The van der Waals surface area contributed by atoms with Crippen molar-refractivity contribution in [2.45, 2.75) is 62.2 Å². The lowest BCUT2D eigenvalue weighted by Crippen LogP contribution is -2.33. The third-order valence-corrected chi connectivity index (χ3v) is 7.56. The number of fused-ring (bicyclic) bond motifs is 1. The van der Waals surface area contributed by atoms with Gasteiger partial charge < -0.3 is 5.32 Å². The topological polar surface area (TPSA) is 64.0 Å². The Kier molecular flexibility index (Phi) is 7.02. The zero-order valence-electron chi connectivity index (χ0n) is 18.9. The average molecular weight is 490 g/mol. The van der Waals surface area contributed by atoms with E-state index in [1.165, 1.54) is 18.2 Å². The van der Waals surface area contributed by atoms with Crippen LogP contribution in [0.4, 0.5) is 18.9 Å². The number of carbonyl (C=O) groups excluding carboxylic acids is 1. The minimum absolute atomic E-state index is 0.00562. The minimum Gasteiger partial charge on any atom is -0.325 e. The van der Waals surface area contributed by atoms with E-state index in [4.69, 9.17) is 4.98 Å². The predicted molar refractivity (Wildman–Crippen MR) is 128 cm³/mol. The number of aromatic nitrogens is 2. The zero-order chi connectivity index (χ0) is 24.5. The van der Waals surface area contributed by atoms with Crippen LogP contribution in [0.5, 0.6) is 0 Å². The molecule has 3 aromatic rings. The summed E-state index contributed by atoms with van der Waals surface area (Å²) in [4.78, 5) is 31.3. The zero-order valence-corrected chi connectivity index (χ0v) is 19.7. The van der Waals surface area contributed by atoms with Gasteiger partial charge in [-0.15, -0.1) is 0 Å². The van der Waals surface area contributed by atoms with Crippen LogP contribution in [0.25, 0.3) is 10.9 Å². The molecule has 180 valence electrons. The number of nitrogens with one attached hydrogen (secondary N) is 1. The molecular formula is C25H26F3N3O2S. The fourth-order valence-electron chi connectivity index (χ4n) is 4.34. The summed E-state index contributed by atoms with van der Waals surface area (Å²) in [6, 6.07) is 12.0. The van der Waals surface area contributed by atoms with E-state index in [1.807, 2.05) is 13.8 Å². The van der Waals surface area contributed by atoms with Crippen molar-refractivity contribution in [3.05, 3.63) is 64.4 Å². The van der Waals surface area contributed by atoms with E-state index in [0.29, 0.717) is 16.1 Å². The van der Waals surface area contributed by atoms with Crippen molar-refractivity contribution in [1.82, 2.24) is 9.55 Å². The summed E-state index contributed by atoms with van der Waals surface area (Å²) in [5, 5.41) is 2.66. The summed E-state index contributed by atoms with van der Waals surface area (Å²) in [6.07, 6.45) is -0.865. The molecule has 1 aromatic heterocycles. The maximum Gasteiger partial charge on any atom is 0.418 e. The van der Waals surface area contributed by atoms with Gasteiger partial charge in [-0.05, 0) is 43.0 Å². The molecule has 0 aliphatic heterocycles. The number of benzene rings is 2. The second-order valence-electron chi connectivity index (χ2n) is 8.84. The quantitative estimate of drug-likeness (QED) is 0.327. The Morgan fingerprint density at radius 3 is 2.41 bits per heavy atom. The molecule has 4 rings (SSSR count). The molecule has 9 heteroatoms. The number of anilines is 1. The van der Waals surface area contributed by atoms with E-state index in [2.05, 4.69) is 5.32 Å². The highest BCUT2D eigenvalue weighted by Crippen LogP contribution is 2.37. The fraction of sp³-hybridized carbons (Fsp3) is 0.400. The number of amides is 1. The Labute approximate surface area is 199 Å². The standard InChI is InChI=1S/C25H26F3N3O2S/c1-15(2)21(22(32)29-20-14-8-6-12-18(20)25(26,27)28)34-24-30-19-13-7-5-11-17(19)23(33)31(24)16-9-3-4-10-16/h5-8,11-16,21H,3-4,9-10H2,1-2H3,(H,29,32). The van der Waals surface area contributed by atoms with Crippen LogP contribution in [-0.4, -0.2) is 20.7 Å². The van der Waals surface area contributed by atoms with Gasteiger partial charge in [0.2, 0.25) is 5.91 Å². The Bertz CT molecular complexity index is 1250. The molecule has 1 amide bonds. The number of halogens is 3. The lowest BCUT2D eigenvalue weighted by atomic mass is 10.1. The fourth-order valence-corrected chi connectivity index (χ4v) is 5.50. The number of hydrogen-bond donors (Lipinski definition) is 1. The van der Waals surface area contributed by atoms with Crippen molar-refractivity contribution in [2.75, 3.05) is 5.32 Å². The van der Waals surface area contributed by atoms with Crippen LogP contribution in [0, 0.1) is 5.92 Å². The SMILES string of the molecule is CC(C)C(Sc1nc2ccccc2c(=O)n1C1CCCC1)C(=O)Nc1ccccc1C(F)(F)F. The van der Waals surface area contributed by atoms with Gasteiger partial charge in [0.1, 0.15) is 0 Å². The van der Waals surface area contributed by atoms with Gasteiger partial charge >= 0.3 is 6.18 Å². The van der Waals surface area contributed by atoms with Crippen LogP contribution < -0.4 is 10.9 Å². The molecule has 1 atom stereocenters. The summed E-state index contributed by atoms with van der Waals surface area (Å²) in [7, 11) is 0. The van der Waals surface area contributed by atoms with E-state index in [1.54, 1.807) is 28.8 Å². The Morgan fingerprint density at radius 2 is 1.74 bits per heavy atom. The number of rotatable bonds is 6. The van der Waals surface area contributed by atoms with Gasteiger partial charge in [0.15, 0.2) is 5.16 Å². The van der Waals surface area contributed by atoms with Crippen molar-refractivity contribution in [1.29, 1.82) is 0 Å². The molecule has 1 fully saturated rings. The molecule has 0 bridgehead atoms. The molecule has 1 aliphatic rings. The Morgan fingerprint density at radius 1 is 1.09 bits per heavy atom. The van der Waals surface area contributed by atoms with Crippen LogP contribution in [0.15, 0.2) is 58.5 Å². The number of hydrogen-bond acceptors (Lipinski definition) is 4. The van der Waals surface area contributed by atoms with Gasteiger partial charge in [0, 0.05) is 6.04 Å². The molecule has 1 heterocycles. The smallest absolute Gasteiger partial charge is 0.325 e. The van der Waals surface area contributed by atoms with E-state index in [-0.39, 0.29) is 23.2 Å². The molecule has 1 saturated carbocycles. The van der Waals surface area contributed by atoms with E-state index in [9.17, 15) is 22.8 Å². The van der Waals surface area contributed by atoms with Gasteiger partial charge in [-0.1, -0.05) is 62.7 Å². The first-order chi connectivity index (χ1) is 16.2. The first kappa shape index (κ1) is 24.3. The van der Waals surface area contributed by atoms with Crippen molar-refractivity contribution < 1.29 is 18.0 Å². The highest BCUT2D eigenvalue weighted by atomic mass is 32.2. The van der Waals surface area contributed by atoms with Gasteiger partial charge in [-0.2, -0.15) is 13.2 Å². The minimum atomic E-state index is -4.59. The third-order valence-electron chi connectivity index (χ3n) is 6.05. The second-order valence-corrected chi connectivity index (χ2v) is 9.95. The molecule has 34 heavy (non-hydrogen) atoms. The van der Waals surface area contributed by atoms with Gasteiger partial charge in [-0.3, -0.25) is 14.2 Å². The highest BCUT2D eigenvalue weighted by Gasteiger charge is 2.35.